The van der Waals surface area contributed by atoms with Gasteiger partial charge in [-0.15, -0.1) is 0 Å². The van der Waals surface area contributed by atoms with E-state index in [2.05, 4.69) is 182 Å². The molecule has 0 amide bonds. The summed E-state index contributed by atoms with van der Waals surface area (Å²) in [5.41, 5.74) is 5.72. The SMILES string of the molecule is c1ccc(P(c2ccccc2)c2ccc3ccccc3c2-c2c(P3c4ccccc4CCc4ccccc43)ccc3ccccc23)cc1. The monoisotopic (exact) mass is 648 g/mol. The summed E-state index contributed by atoms with van der Waals surface area (Å²) >= 11 is 0. The lowest BCUT2D eigenvalue weighted by Crippen LogP contribution is -2.27. The van der Waals surface area contributed by atoms with E-state index in [0.717, 1.165) is 12.8 Å². The van der Waals surface area contributed by atoms with Gasteiger partial charge in [0.15, 0.2) is 0 Å². The lowest BCUT2D eigenvalue weighted by Gasteiger charge is -2.29. The van der Waals surface area contributed by atoms with Crippen LogP contribution >= 0.6 is 15.8 Å². The average Bonchev–Trinajstić information content (AvgIpc) is 3.32. The van der Waals surface area contributed by atoms with Crippen molar-refractivity contribution in [2.75, 3.05) is 0 Å². The molecule has 0 aliphatic carbocycles. The molecule has 8 aromatic rings. The summed E-state index contributed by atoms with van der Waals surface area (Å²) in [6.07, 6.45) is 2.14. The largest absolute Gasteiger partial charge is 0.0622 e. The predicted octanol–water partition coefficient (Wildman–Crippen LogP) is 9.28. The summed E-state index contributed by atoms with van der Waals surface area (Å²) in [6, 6.07) is 68.5. The lowest BCUT2D eigenvalue weighted by atomic mass is 9.93. The molecule has 1 aliphatic rings. The van der Waals surface area contributed by atoms with Gasteiger partial charge in [-0.05, 0) is 104 Å². The van der Waals surface area contributed by atoms with Crippen molar-refractivity contribution in [3.8, 4) is 11.1 Å². The van der Waals surface area contributed by atoms with Gasteiger partial charge < -0.3 is 0 Å². The van der Waals surface area contributed by atoms with Gasteiger partial charge in [0.05, 0.1) is 0 Å². The highest BCUT2D eigenvalue weighted by atomic mass is 31.1. The van der Waals surface area contributed by atoms with Crippen LogP contribution in [0, 0.1) is 0 Å². The number of benzene rings is 8. The number of aryl methyl sites for hydroxylation is 2. The minimum absolute atomic E-state index is 0.831. The van der Waals surface area contributed by atoms with Crippen molar-refractivity contribution in [1.29, 1.82) is 0 Å². The van der Waals surface area contributed by atoms with E-state index >= 15 is 0 Å². The van der Waals surface area contributed by atoms with E-state index in [9.17, 15) is 0 Å². The Bertz CT molecular complexity index is 2330. The van der Waals surface area contributed by atoms with Crippen LogP contribution in [-0.4, -0.2) is 0 Å². The quantitative estimate of drug-likeness (QED) is 0.163. The van der Waals surface area contributed by atoms with Gasteiger partial charge in [-0.2, -0.15) is 0 Å². The van der Waals surface area contributed by atoms with Gasteiger partial charge in [-0.3, -0.25) is 0 Å². The highest BCUT2D eigenvalue weighted by molar-refractivity contribution is 7.81. The highest BCUT2D eigenvalue weighted by Crippen LogP contribution is 2.47. The Kier molecular flexibility index (Phi) is 7.71. The van der Waals surface area contributed by atoms with Gasteiger partial charge in [0, 0.05) is 0 Å². The minimum Gasteiger partial charge on any atom is -0.0622 e. The zero-order valence-electron chi connectivity index (χ0n) is 26.6. The fraction of sp³-hybridized carbons (Fsp3) is 0.0435. The van der Waals surface area contributed by atoms with Crippen molar-refractivity contribution < 1.29 is 0 Å². The lowest BCUT2D eigenvalue weighted by molar-refractivity contribution is 0.977. The van der Waals surface area contributed by atoms with Crippen molar-refractivity contribution in [2.45, 2.75) is 12.8 Å². The van der Waals surface area contributed by atoms with Crippen LogP contribution in [-0.2, 0) is 12.8 Å². The molecule has 0 spiro atoms. The molecule has 0 fully saturated rings. The maximum Gasteiger partial charge on any atom is -0.000883 e. The molecule has 8 aromatic carbocycles. The maximum atomic E-state index is 2.47. The Morgan fingerprint density at radius 1 is 0.354 bits per heavy atom. The number of fused-ring (bicyclic) bond motifs is 4. The molecule has 9 rings (SSSR count). The van der Waals surface area contributed by atoms with Crippen LogP contribution in [0.4, 0.5) is 0 Å². The Balaban J connectivity index is 1.44. The first-order valence-electron chi connectivity index (χ1n) is 16.8. The van der Waals surface area contributed by atoms with E-state index in [0.29, 0.717) is 0 Å². The average molecular weight is 649 g/mol. The number of rotatable bonds is 5. The van der Waals surface area contributed by atoms with Gasteiger partial charge in [0.25, 0.3) is 0 Å². The van der Waals surface area contributed by atoms with Crippen molar-refractivity contribution in [2.24, 2.45) is 0 Å². The third-order valence-corrected chi connectivity index (χ3v) is 14.9. The third-order valence-electron chi connectivity index (χ3n) is 9.70. The fourth-order valence-electron chi connectivity index (χ4n) is 7.54. The molecular formula is C46H34P2. The zero-order chi connectivity index (χ0) is 31.9. The molecule has 0 nitrogen and oxygen atoms in total. The van der Waals surface area contributed by atoms with Gasteiger partial charge in [-0.25, -0.2) is 0 Å². The van der Waals surface area contributed by atoms with Gasteiger partial charge in [0.1, 0.15) is 0 Å². The molecule has 2 heteroatoms. The van der Waals surface area contributed by atoms with Gasteiger partial charge in [0.2, 0.25) is 0 Å². The number of hydrogen-bond acceptors (Lipinski definition) is 0. The summed E-state index contributed by atoms with van der Waals surface area (Å²) in [7, 11) is -1.68. The minimum atomic E-state index is -0.852. The molecule has 228 valence electrons. The fourth-order valence-corrected chi connectivity index (χ4v) is 12.9. The van der Waals surface area contributed by atoms with E-state index in [4.69, 9.17) is 0 Å². The molecule has 1 aliphatic heterocycles. The first kappa shape index (κ1) is 29.3. The normalized spacial score (nSPS) is 12.9. The smallest absolute Gasteiger partial charge is 0.000883 e. The van der Waals surface area contributed by atoms with E-state index < -0.39 is 15.8 Å². The molecule has 0 saturated carbocycles. The molecule has 0 bridgehead atoms. The van der Waals surface area contributed by atoms with Crippen LogP contribution in [0.25, 0.3) is 32.7 Å². The second-order valence-electron chi connectivity index (χ2n) is 12.5. The topological polar surface area (TPSA) is 0 Å². The zero-order valence-corrected chi connectivity index (χ0v) is 28.4. The molecule has 0 unspecified atom stereocenters. The van der Waals surface area contributed by atoms with E-state index in [1.807, 2.05) is 0 Å². The van der Waals surface area contributed by atoms with E-state index in [1.165, 1.54) is 75.6 Å². The molecule has 1 heterocycles. The molecule has 0 atom stereocenters. The van der Waals surface area contributed by atoms with Crippen LogP contribution in [0.5, 0.6) is 0 Å². The molecule has 0 N–H and O–H groups in total. The van der Waals surface area contributed by atoms with Crippen LogP contribution in [0.2, 0.25) is 0 Å². The van der Waals surface area contributed by atoms with E-state index in [-0.39, 0.29) is 0 Å². The second-order valence-corrected chi connectivity index (χ2v) is 16.8. The summed E-state index contributed by atoms with van der Waals surface area (Å²) in [4.78, 5) is 0. The first-order valence-corrected chi connectivity index (χ1v) is 19.4. The highest BCUT2D eigenvalue weighted by Gasteiger charge is 2.30. The number of hydrogen-bond donors (Lipinski definition) is 0. The van der Waals surface area contributed by atoms with Crippen LogP contribution in [0.3, 0.4) is 0 Å². The van der Waals surface area contributed by atoms with E-state index in [1.54, 1.807) is 0 Å². The molecular weight excluding hydrogens is 614 g/mol. The first-order chi connectivity index (χ1) is 23.8. The standard InChI is InChI=1S/C46H34P2/c1-3-19-37(20-4-1)47(38-21-5-2-6-22-38)43-31-29-33-15-7-11-23-39(33)45(43)46-40-24-12-8-16-34(40)30-32-44(46)48-41-25-13-9-17-35(41)27-28-36-18-10-14-26-42(36)48/h1-26,29-32H,27-28H2. The molecule has 0 radical (unpaired) electrons. The third kappa shape index (κ3) is 5.09. The maximum absolute atomic E-state index is 2.47. The molecule has 0 saturated heterocycles. The predicted molar refractivity (Wildman–Crippen MR) is 212 cm³/mol. The Morgan fingerprint density at radius 2 is 0.812 bits per heavy atom. The Morgan fingerprint density at radius 3 is 1.40 bits per heavy atom. The summed E-state index contributed by atoms with van der Waals surface area (Å²) in [5.74, 6) is 0. The van der Waals surface area contributed by atoms with Crippen molar-refractivity contribution >= 4 is 69.2 Å². The van der Waals surface area contributed by atoms with Crippen molar-refractivity contribution in [1.82, 2.24) is 0 Å². The second kappa shape index (κ2) is 12.6. The van der Waals surface area contributed by atoms with Crippen molar-refractivity contribution in [3.63, 3.8) is 0 Å². The molecule has 48 heavy (non-hydrogen) atoms. The van der Waals surface area contributed by atoms with Crippen LogP contribution in [0.1, 0.15) is 11.1 Å². The Labute approximate surface area is 285 Å². The Hall–Kier alpha value is -4.86. The van der Waals surface area contributed by atoms with Crippen LogP contribution < -0.4 is 31.8 Å². The van der Waals surface area contributed by atoms with Crippen molar-refractivity contribution in [3.05, 3.63) is 193 Å². The summed E-state index contributed by atoms with van der Waals surface area (Å²) in [6.45, 7) is 0. The summed E-state index contributed by atoms with van der Waals surface area (Å²) in [5, 5.41) is 13.8. The summed E-state index contributed by atoms with van der Waals surface area (Å²) < 4.78 is 0. The van der Waals surface area contributed by atoms with Gasteiger partial charge >= 0.3 is 0 Å². The van der Waals surface area contributed by atoms with Gasteiger partial charge in [-0.1, -0.05) is 182 Å². The molecule has 0 aromatic heterocycles. The van der Waals surface area contributed by atoms with Crippen LogP contribution in [0.15, 0.2) is 182 Å².